The summed E-state index contributed by atoms with van der Waals surface area (Å²) in [5.74, 6) is 0.621. The highest BCUT2D eigenvalue weighted by Crippen LogP contribution is 2.40. The number of fused-ring (bicyclic) bond motifs is 2. The van der Waals surface area contributed by atoms with Crippen molar-refractivity contribution in [3.8, 4) is 5.75 Å². The van der Waals surface area contributed by atoms with Crippen LogP contribution in [-0.2, 0) is 6.54 Å². The molecule has 3 unspecified atom stereocenters. The fourth-order valence-corrected chi connectivity index (χ4v) is 5.09. The van der Waals surface area contributed by atoms with Crippen molar-refractivity contribution in [2.45, 2.75) is 31.8 Å². The summed E-state index contributed by atoms with van der Waals surface area (Å²) in [5.41, 5.74) is 2.87. The van der Waals surface area contributed by atoms with Gasteiger partial charge in [-0.15, -0.1) is 13.2 Å². The van der Waals surface area contributed by atoms with Crippen molar-refractivity contribution >= 4 is 16.6 Å². The SMILES string of the molecule is Fc1ccc2[nH]c(CNC3CCC4CN(c5ccc(OC(F)(F)F)cc5)CC43)cc2c1. The van der Waals surface area contributed by atoms with Crippen LogP contribution < -0.4 is 15.0 Å². The summed E-state index contributed by atoms with van der Waals surface area (Å²) in [5, 5.41) is 4.52. The molecule has 4 nitrogen and oxygen atoms in total. The van der Waals surface area contributed by atoms with E-state index in [2.05, 4.69) is 19.9 Å². The molecule has 2 fully saturated rings. The summed E-state index contributed by atoms with van der Waals surface area (Å²) < 4.78 is 54.4. The maximum absolute atomic E-state index is 13.4. The standard InChI is InChI=1S/C23H23F4N3O/c24-16-2-8-21-15(9-16)10-17(29-21)11-28-22-7-1-14-12-30(13-20(14)22)18-3-5-19(6-4-18)31-23(25,26)27/h2-6,8-10,14,20,22,28-29H,1,7,11-13H2. The molecule has 0 radical (unpaired) electrons. The van der Waals surface area contributed by atoms with Crippen molar-refractivity contribution < 1.29 is 22.3 Å². The van der Waals surface area contributed by atoms with Gasteiger partial charge < -0.3 is 19.9 Å². The number of rotatable bonds is 5. The van der Waals surface area contributed by atoms with E-state index in [0.29, 0.717) is 24.4 Å². The lowest BCUT2D eigenvalue weighted by Crippen LogP contribution is -2.35. The highest BCUT2D eigenvalue weighted by molar-refractivity contribution is 5.80. The summed E-state index contributed by atoms with van der Waals surface area (Å²) in [7, 11) is 0. The van der Waals surface area contributed by atoms with Gasteiger partial charge in [0.2, 0.25) is 0 Å². The molecule has 2 heterocycles. The molecule has 3 aromatic rings. The number of hydrogen-bond acceptors (Lipinski definition) is 3. The quantitative estimate of drug-likeness (QED) is 0.543. The van der Waals surface area contributed by atoms with Crippen LogP contribution in [0.5, 0.6) is 5.75 Å². The lowest BCUT2D eigenvalue weighted by molar-refractivity contribution is -0.274. The third-order valence-corrected chi connectivity index (χ3v) is 6.49. The zero-order valence-electron chi connectivity index (χ0n) is 16.8. The molecule has 0 bridgehead atoms. The normalized spacial score (nSPS) is 23.5. The van der Waals surface area contributed by atoms with Gasteiger partial charge in [-0.25, -0.2) is 4.39 Å². The van der Waals surface area contributed by atoms with Gasteiger partial charge in [0, 0.05) is 48.0 Å². The van der Waals surface area contributed by atoms with Crippen molar-refractivity contribution in [2.24, 2.45) is 11.8 Å². The molecule has 8 heteroatoms. The number of hydrogen-bond donors (Lipinski definition) is 2. The van der Waals surface area contributed by atoms with Crippen LogP contribution in [0.15, 0.2) is 48.5 Å². The van der Waals surface area contributed by atoms with Gasteiger partial charge in [0.25, 0.3) is 0 Å². The number of anilines is 1. The number of H-pyrrole nitrogens is 1. The number of aromatic amines is 1. The first-order valence-corrected chi connectivity index (χ1v) is 10.5. The van der Waals surface area contributed by atoms with Gasteiger partial charge in [0.05, 0.1) is 0 Å². The van der Waals surface area contributed by atoms with E-state index in [-0.39, 0.29) is 11.6 Å². The van der Waals surface area contributed by atoms with Crippen LogP contribution in [0.3, 0.4) is 0 Å². The summed E-state index contributed by atoms with van der Waals surface area (Å²) in [6, 6.07) is 13.2. The molecule has 0 amide bonds. The number of nitrogens with one attached hydrogen (secondary N) is 2. The van der Waals surface area contributed by atoms with Crippen LogP contribution in [0.2, 0.25) is 0 Å². The van der Waals surface area contributed by atoms with Crippen molar-refractivity contribution in [1.29, 1.82) is 0 Å². The lowest BCUT2D eigenvalue weighted by atomic mass is 9.98. The van der Waals surface area contributed by atoms with E-state index in [1.54, 1.807) is 18.2 Å². The van der Waals surface area contributed by atoms with Gasteiger partial charge in [-0.2, -0.15) is 0 Å². The molecular weight excluding hydrogens is 410 g/mol. The third-order valence-electron chi connectivity index (χ3n) is 6.49. The van der Waals surface area contributed by atoms with Gasteiger partial charge in [0.15, 0.2) is 0 Å². The Morgan fingerprint density at radius 1 is 1.03 bits per heavy atom. The summed E-state index contributed by atoms with van der Waals surface area (Å²) in [6.45, 7) is 2.47. The minimum absolute atomic E-state index is 0.201. The Labute approximate surface area is 177 Å². The first-order chi connectivity index (χ1) is 14.8. The molecule has 1 saturated heterocycles. The smallest absolute Gasteiger partial charge is 0.406 e. The second-order valence-corrected chi connectivity index (χ2v) is 8.46. The number of nitrogens with zero attached hydrogens (tertiary/aromatic N) is 1. The maximum Gasteiger partial charge on any atom is 0.573 e. The van der Waals surface area contributed by atoms with Gasteiger partial charge in [-0.1, -0.05) is 0 Å². The van der Waals surface area contributed by atoms with Gasteiger partial charge in [0.1, 0.15) is 11.6 Å². The van der Waals surface area contributed by atoms with Crippen molar-refractivity contribution in [1.82, 2.24) is 10.3 Å². The molecular formula is C23H23F4N3O. The van der Waals surface area contributed by atoms with E-state index < -0.39 is 6.36 Å². The van der Waals surface area contributed by atoms with Crippen molar-refractivity contribution in [3.05, 3.63) is 60.0 Å². The van der Waals surface area contributed by atoms with Crippen molar-refractivity contribution in [3.63, 3.8) is 0 Å². The zero-order chi connectivity index (χ0) is 21.6. The monoisotopic (exact) mass is 433 g/mol. The maximum atomic E-state index is 13.4. The summed E-state index contributed by atoms with van der Waals surface area (Å²) in [6.07, 6.45) is -2.44. The van der Waals surface area contributed by atoms with Crippen LogP contribution in [0, 0.1) is 17.7 Å². The number of halogens is 4. The third kappa shape index (κ3) is 4.35. The number of ether oxygens (including phenoxy) is 1. The van der Waals surface area contributed by atoms with Gasteiger partial charge in [-0.3, -0.25) is 0 Å². The van der Waals surface area contributed by atoms with Gasteiger partial charge in [-0.05, 0) is 73.2 Å². The predicted octanol–water partition coefficient (Wildman–Crippen LogP) is 5.21. The van der Waals surface area contributed by atoms with E-state index in [0.717, 1.165) is 48.2 Å². The van der Waals surface area contributed by atoms with Crippen LogP contribution in [0.4, 0.5) is 23.2 Å². The Morgan fingerprint density at radius 2 is 1.84 bits per heavy atom. The number of alkyl halides is 3. The second-order valence-electron chi connectivity index (χ2n) is 8.46. The summed E-state index contributed by atoms with van der Waals surface area (Å²) >= 11 is 0. The first kappa shape index (κ1) is 20.2. The largest absolute Gasteiger partial charge is 0.573 e. The van der Waals surface area contributed by atoms with E-state index in [1.165, 1.54) is 24.3 Å². The molecule has 5 rings (SSSR count). The second kappa shape index (κ2) is 7.75. The first-order valence-electron chi connectivity index (χ1n) is 10.5. The van der Waals surface area contributed by atoms with Crippen molar-refractivity contribution in [2.75, 3.05) is 18.0 Å². The highest BCUT2D eigenvalue weighted by Gasteiger charge is 2.42. The van der Waals surface area contributed by atoms with E-state index in [4.69, 9.17) is 0 Å². The highest BCUT2D eigenvalue weighted by atomic mass is 19.4. The zero-order valence-corrected chi connectivity index (χ0v) is 16.8. The fraction of sp³-hybridized carbons (Fsp3) is 0.391. The Balaban J connectivity index is 1.20. The van der Waals surface area contributed by atoms with Crippen LogP contribution >= 0.6 is 0 Å². The Hall–Kier alpha value is -2.74. The molecule has 0 spiro atoms. The molecule has 1 saturated carbocycles. The molecule has 2 aliphatic rings. The van der Waals surface area contributed by atoms with Crippen LogP contribution in [0.25, 0.3) is 10.9 Å². The van der Waals surface area contributed by atoms with E-state index in [9.17, 15) is 17.6 Å². The molecule has 164 valence electrons. The average molecular weight is 433 g/mol. The molecule has 1 aliphatic carbocycles. The Kier molecular flexibility index (Phi) is 5.04. The number of benzene rings is 2. The molecule has 31 heavy (non-hydrogen) atoms. The molecule has 2 N–H and O–H groups in total. The molecule has 1 aliphatic heterocycles. The summed E-state index contributed by atoms with van der Waals surface area (Å²) in [4.78, 5) is 5.57. The molecule has 3 atom stereocenters. The molecule has 2 aromatic carbocycles. The van der Waals surface area contributed by atoms with Gasteiger partial charge >= 0.3 is 6.36 Å². The average Bonchev–Trinajstić information content (AvgIpc) is 3.39. The molecule has 1 aromatic heterocycles. The fourth-order valence-electron chi connectivity index (χ4n) is 5.09. The number of aromatic nitrogens is 1. The van der Waals surface area contributed by atoms with E-state index in [1.807, 2.05) is 6.07 Å². The minimum atomic E-state index is -4.68. The Bertz CT molecular complexity index is 1060. The minimum Gasteiger partial charge on any atom is -0.406 e. The topological polar surface area (TPSA) is 40.3 Å². The Morgan fingerprint density at radius 3 is 2.61 bits per heavy atom. The predicted molar refractivity (Wildman–Crippen MR) is 110 cm³/mol. The van der Waals surface area contributed by atoms with Crippen LogP contribution in [-0.4, -0.2) is 30.5 Å². The van der Waals surface area contributed by atoms with Crippen LogP contribution in [0.1, 0.15) is 18.5 Å². The lowest BCUT2D eigenvalue weighted by Gasteiger charge is -2.23. The van der Waals surface area contributed by atoms with E-state index >= 15 is 0 Å².